The Kier molecular flexibility index (Phi) is 3.07. The van der Waals surface area contributed by atoms with Gasteiger partial charge in [0.1, 0.15) is 0 Å². The topological polar surface area (TPSA) is 54.7 Å². The lowest BCUT2D eigenvalue weighted by Gasteiger charge is -2.43. The van der Waals surface area contributed by atoms with Crippen molar-refractivity contribution < 1.29 is 0 Å². The molecule has 0 unspecified atom stereocenters. The number of nitrogens with one attached hydrogen (secondary N) is 1. The van der Waals surface area contributed by atoms with Crippen LogP contribution in [0.1, 0.15) is 6.92 Å². The van der Waals surface area contributed by atoms with E-state index in [0.29, 0.717) is 0 Å². The van der Waals surface area contributed by atoms with Crippen LogP contribution in [0.2, 0.25) is 0 Å². The standard InChI is InChI=1S/C10H17N5/c1-9-6-15(7-9)10(13-8-11)14-4-2-12-3-5-14/h9,12H,2-7H2,1H3/b13-10-. The molecule has 0 aliphatic carbocycles. The summed E-state index contributed by atoms with van der Waals surface area (Å²) < 4.78 is 0. The van der Waals surface area contributed by atoms with Crippen molar-refractivity contribution in [2.45, 2.75) is 6.92 Å². The van der Waals surface area contributed by atoms with E-state index >= 15 is 0 Å². The number of likely N-dealkylation sites (tertiary alicyclic amines) is 1. The fourth-order valence-electron chi connectivity index (χ4n) is 2.11. The van der Waals surface area contributed by atoms with Gasteiger partial charge < -0.3 is 15.1 Å². The van der Waals surface area contributed by atoms with Gasteiger partial charge in [-0.15, -0.1) is 4.99 Å². The summed E-state index contributed by atoms with van der Waals surface area (Å²) in [4.78, 5) is 8.34. The van der Waals surface area contributed by atoms with Crippen molar-refractivity contribution in [3.8, 4) is 6.19 Å². The van der Waals surface area contributed by atoms with Crippen molar-refractivity contribution in [3.63, 3.8) is 0 Å². The van der Waals surface area contributed by atoms with Crippen molar-refractivity contribution in [3.05, 3.63) is 0 Å². The summed E-state index contributed by atoms with van der Waals surface area (Å²) in [6.45, 7) is 8.14. The molecule has 0 aromatic carbocycles. The second-order valence-corrected chi connectivity index (χ2v) is 4.26. The molecule has 15 heavy (non-hydrogen) atoms. The van der Waals surface area contributed by atoms with E-state index < -0.39 is 0 Å². The molecule has 2 fully saturated rings. The Bertz CT molecular complexity index is 281. The van der Waals surface area contributed by atoms with Gasteiger partial charge in [0.05, 0.1) is 0 Å². The molecule has 0 saturated carbocycles. The molecule has 0 radical (unpaired) electrons. The third kappa shape index (κ3) is 2.21. The van der Waals surface area contributed by atoms with E-state index in [1.807, 2.05) is 6.19 Å². The Morgan fingerprint density at radius 1 is 1.33 bits per heavy atom. The van der Waals surface area contributed by atoms with Crippen molar-refractivity contribution in [1.82, 2.24) is 15.1 Å². The predicted octanol–water partition coefficient (Wildman–Crippen LogP) is -0.320. The van der Waals surface area contributed by atoms with Gasteiger partial charge in [0.15, 0.2) is 0 Å². The molecule has 2 aliphatic rings. The van der Waals surface area contributed by atoms with Crippen LogP contribution in [0.25, 0.3) is 0 Å². The maximum absolute atomic E-state index is 8.70. The normalized spacial score (nSPS) is 23.6. The number of hydrogen-bond donors (Lipinski definition) is 1. The second-order valence-electron chi connectivity index (χ2n) is 4.26. The fraction of sp³-hybridized carbons (Fsp3) is 0.800. The van der Waals surface area contributed by atoms with Gasteiger partial charge >= 0.3 is 0 Å². The molecule has 82 valence electrons. The van der Waals surface area contributed by atoms with E-state index in [1.54, 1.807) is 0 Å². The summed E-state index contributed by atoms with van der Waals surface area (Å²) in [7, 11) is 0. The van der Waals surface area contributed by atoms with Crippen molar-refractivity contribution in [1.29, 1.82) is 5.26 Å². The minimum Gasteiger partial charge on any atom is -0.341 e. The summed E-state index contributed by atoms with van der Waals surface area (Å²) in [5, 5.41) is 12.0. The molecule has 0 spiro atoms. The van der Waals surface area contributed by atoms with Crippen LogP contribution in [0.15, 0.2) is 4.99 Å². The first-order chi connectivity index (χ1) is 7.31. The first kappa shape index (κ1) is 10.2. The summed E-state index contributed by atoms with van der Waals surface area (Å²) >= 11 is 0. The fourth-order valence-corrected chi connectivity index (χ4v) is 2.11. The summed E-state index contributed by atoms with van der Waals surface area (Å²) in [6, 6.07) is 0. The molecule has 0 amide bonds. The predicted molar refractivity (Wildman–Crippen MR) is 58.2 cm³/mol. The van der Waals surface area contributed by atoms with Gasteiger partial charge in [-0.3, -0.25) is 0 Å². The van der Waals surface area contributed by atoms with Crippen LogP contribution in [-0.2, 0) is 0 Å². The molecule has 0 atom stereocenters. The van der Waals surface area contributed by atoms with Crippen LogP contribution >= 0.6 is 0 Å². The minimum absolute atomic E-state index is 0.733. The number of hydrogen-bond acceptors (Lipinski definition) is 3. The highest BCUT2D eigenvalue weighted by molar-refractivity contribution is 5.81. The van der Waals surface area contributed by atoms with E-state index in [2.05, 4.69) is 27.0 Å². The highest BCUT2D eigenvalue weighted by atomic mass is 15.4. The van der Waals surface area contributed by atoms with Crippen LogP contribution in [0.4, 0.5) is 0 Å². The van der Waals surface area contributed by atoms with Gasteiger partial charge in [-0.1, -0.05) is 6.92 Å². The first-order valence-corrected chi connectivity index (χ1v) is 5.48. The molecule has 2 saturated heterocycles. The van der Waals surface area contributed by atoms with Crippen LogP contribution in [0.5, 0.6) is 0 Å². The van der Waals surface area contributed by atoms with Crippen LogP contribution in [0.3, 0.4) is 0 Å². The van der Waals surface area contributed by atoms with Gasteiger partial charge in [-0.05, 0) is 5.92 Å². The Balaban J connectivity index is 2.00. The zero-order chi connectivity index (χ0) is 10.7. The largest absolute Gasteiger partial charge is 0.341 e. The van der Waals surface area contributed by atoms with Gasteiger partial charge in [0.2, 0.25) is 12.2 Å². The van der Waals surface area contributed by atoms with E-state index in [1.165, 1.54) is 0 Å². The average molecular weight is 207 g/mol. The lowest BCUT2D eigenvalue weighted by molar-refractivity contribution is 0.171. The number of nitriles is 1. The maximum atomic E-state index is 8.70. The molecule has 2 heterocycles. The Hall–Kier alpha value is -1.28. The second kappa shape index (κ2) is 4.49. The minimum atomic E-state index is 0.733. The zero-order valence-corrected chi connectivity index (χ0v) is 9.11. The van der Waals surface area contributed by atoms with E-state index in [4.69, 9.17) is 5.26 Å². The summed E-state index contributed by atoms with van der Waals surface area (Å²) in [6.07, 6.45) is 1.91. The Labute approximate surface area is 90.4 Å². The van der Waals surface area contributed by atoms with Crippen LogP contribution in [0, 0.1) is 17.4 Å². The smallest absolute Gasteiger partial charge is 0.212 e. The van der Waals surface area contributed by atoms with E-state index in [9.17, 15) is 0 Å². The van der Waals surface area contributed by atoms with Gasteiger partial charge in [-0.25, -0.2) is 0 Å². The molecule has 5 nitrogen and oxygen atoms in total. The van der Waals surface area contributed by atoms with Crippen LogP contribution < -0.4 is 5.32 Å². The molecule has 2 rings (SSSR count). The molecule has 1 N–H and O–H groups in total. The lowest BCUT2D eigenvalue weighted by atomic mass is 10.0. The lowest BCUT2D eigenvalue weighted by Crippen LogP contribution is -2.58. The number of rotatable bonds is 0. The first-order valence-electron chi connectivity index (χ1n) is 5.48. The van der Waals surface area contributed by atoms with Gasteiger partial charge in [0, 0.05) is 39.3 Å². The third-order valence-electron chi connectivity index (χ3n) is 2.90. The van der Waals surface area contributed by atoms with Crippen molar-refractivity contribution in [2.75, 3.05) is 39.3 Å². The molecular formula is C10H17N5. The molecule has 0 aromatic heterocycles. The summed E-state index contributed by atoms with van der Waals surface area (Å²) in [5.41, 5.74) is 0. The average Bonchev–Trinajstić information content (AvgIpc) is 2.23. The SMILES string of the molecule is CC1CN(/C(=N\C#N)N2CCNCC2)C1. The number of piperazine rings is 1. The maximum Gasteiger partial charge on any atom is 0.212 e. The molecular weight excluding hydrogens is 190 g/mol. The molecule has 0 bridgehead atoms. The van der Waals surface area contributed by atoms with Crippen molar-refractivity contribution in [2.24, 2.45) is 10.9 Å². The Morgan fingerprint density at radius 3 is 2.53 bits per heavy atom. The van der Waals surface area contributed by atoms with Gasteiger partial charge in [0.25, 0.3) is 0 Å². The number of aliphatic imine (C=N–C) groups is 1. The number of guanidine groups is 1. The molecule has 0 aromatic rings. The van der Waals surface area contributed by atoms with Crippen LogP contribution in [-0.4, -0.2) is 55.0 Å². The number of nitrogens with zero attached hydrogens (tertiary/aromatic N) is 4. The molecule has 2 aliphatic heterocycles. The highest BCUT2D eigenvalue weighted by Crippen LogP contribution is 2.16. The third-order valence-corrected chi connectivity index (χ3v) is 2.90. The van der Waals surface area contributed by atoms with E-state index in [0.717, 1.165) is 51.1 Å². The Morgan fingerprint density at radius 2 is 2.00 bits per heavy atom. The zero-order valence-electron chi connectivity index (χ0n) is 9.11. The van der Waals surface area contributed by atoms with E-state index in [-0.39, 0.29) is 0 Å². The van der Waals surface area contributed by atoms with Gasteiger partial charge in [-0.2, -0.15) is 5.26 Å². The molecule has 5 heteroatoms. The van der Waals surface area contributed by atoms with Crippen molar-refractivity contribution >= 4 is 5.96 Å². The summed E-state index contributed by atoms with van der Waals surface area (Å²) in [5.74, 6) is 1.61. The quantitative estimate of drug-likeness (QED) is 0.336. The highest BCUT2D eigenvalue weighted by Gasteiger charge is 2.29. The monoisotopic (exact) mass is 207 g/mol.